The smallest absolute Gasteiger partial charge is 0.419 e. The first kappa shape index (κ1) is 11.7. The van der Waals surface area contributed by atoms with Crippen molar-refractivity contribution >= 4 is 17.7 Å². The second-order valence-corrected chi connectivity index (χ2v) is 3.92. The molecule has 2 rings (SSSR count). The van der Waals surface area contributed by atoms with Crippen molar-refractivity contribution in [2.24, 2.45) is 0 Å². The third kappa shape index (κ3) is 2.65. The second-order valence-electron chi connectivity index (χ2n) is 3.52. The van der Waals surface area contributed by atoms with Gasteiger partial charge in [0.05, 0.1) is 0 Å². The van der Waals surface area contributed by atoms with Gasteiger partial charge in [0.2, 0.25) is 0 Å². The summed E-state index contributed by atoms with van der Waals surface area (Å²) in [7, 11) is 0. The number of rotatable bonds is 2. The van der Waals surface area contributed by atoms with Gasteiger partial charge in [-0.25, -0.2) is 14.3 Å². The molecule has 4 nitrogen and oxygen atoms in total. The molecule has 5 heteroatoms. The molecule has 0 bridgehead atoms. The van der Waals surface area contributed by atoms with Gasteiger partial charge in [0.1, 0.15) is 12.4 Å². The first-order valence-electron chi connectivity index (χ1n) is 5.12. The Kier molecular flexibility index (Phi) is 3.44. The topological polar surface area (TPSA) is 44.1 Å². The molecular formula is C12H11ClN2O2. The summed E-state index contributed by atoms with van der Waals surface area (Å²) in [6.45, 7) is 1.77. The highest BCUT2D eigenvalue weighted by Crippen LogP contribution is 2.25. The molecule has 1 heterocycles. The maximum absolute atomic E-state index is 11.7. The summed E-state index contributed by atoms with van der Waals surface area (Å²) in [6, 6.07) is 7.27. The molecule has 2 aromatic rings. The molecule has 0 fully saturated rings. The van der Waals surface area contributed by atoms with Crippen molar-refractivity contribution in [2.45, 2.75) is 13.0 Å². The molecule has 0 saturated heterocycles. The van der Waals surface area contributed by atoms with Crippen LogP contribution in [-0.2, 0) is 4.74 Å². The lowest BCUT2D eigenvalue weighted by atomic mass is 10.1. The third-order valence-electron chi connectivity index (χ3n) is 2.34. The minimum Gasteiger partial charge on any atom is -0.441 e. The number of nitrogens with zero attached hydrogens (tertiary/aromatic N) is 2. The van der Waals surface area contributed by atoms with Crippen LogP contribution < -0.4 is 0 Å². The molecule has 88 valence electrons. The Morgan fingerprint density at radius 3 is 2.88 bits per heavy atom. The van der Waals surface area contributed by atoms with Gasteiger partial charge < -0.3 is 4.74 Å². The van der Waals surface area contributed by atoms with Crippen molar-refractivity contribution in [3.63, 3.8) is 0 Å². The number of carbonyl (C=O) groups is 1. The van der Waals surface area contributed by atoms with Crippen LogP contribution >= 0.6 is 11.6 Å². The SMILES string of the molecule is CC(OC(=O)n1ccnc1)c1ccccc1Cl. The van der Waals surface area contributed by atoms with E-state index in [2.05, 4.69) is 4.98 Å². The van der Waals surface area contributed by atoms with E-state index in [-0.39, 0.29) is 0 Å². The van der Waals surface area contributed by atoms with Gasteiger partial charge in [-0.1, -0.05) is 29.8 Å². The molecule has 0 spiro atoms. The summed E-state index contributed by atoms with van der Waals surface area (Å²) in [4.78, 5) is 15.4. The van der Waals surface area contributed by atoms with E-state index >= 15 is 0 Å². The molecule has 17 heavy (non-hydrogen) atoms. The Balaban J connectivity index is 2.10. The maximum Gasteiger partial charge on any atom is 0.419 e. The van der Waals surface area contributed by atoms with Crippen molar-refractivity contribution in [2.75, 3.05) is 0 Å². The molecule has 0 aliphatic rings. The normalized spacial score (nSPS) is 12.1. The fourth-order valence-electron chi connectivity index (χ4n) is 1.45. The second kappa shape index (κ2) is 5.01. The average molecular weight is 251 g/mol. The summed E-state index contributed by atoms with van der Waals surface area (Å²) in [5.41, 5.74) is 0.780. The zero-order valence-electron chi connectivity index (χ0n) is 9.21. The van der Waals surface area contributed by atoms with Crippen LogP contribution in [0.3, 0.4) is 0 Å². The van der Waals surface area contributed by atoms with Crippen LogP contribution in [0.2, 0.25) is 5.02 Å². The summed E-state index contributed by atoms with van der Waals surface area (Å²) < 4.78 is 6.53. The lowest BCUT2D eigenvalue weighted by Crippen LogP contribution is -2.14. The Labute approximate surface area is 104 Å². The van der Waals surface area contributed by atoms with Crippen molar-refractivity contribution in [3.05, 3.63) is 53.6 Å². The van der Waals surface area contributed by atoms with Gasteiger partial charge in [-0.05, 0) is 13.0 Å². The van der Waals surface area contributed by atoms with Gasteiger partial charge in [0, 0.05) is 23.0 Å². The number of halogens is 1. The van der Waals surface area contributed by atoms with Gasteiger partial charge in [-0.3, -0.25) is 0 Å². The Bertz CT molecular complexity index is 511. The minimum atomic E-state index is -0.477. The molecule has 0 amide bonds. The molecule has 0 saturated carbocycles. The molecule has 0 N–H and O–H groups in total. The lowest BCUT2D eigenvalue weighted by Gasteiger charge is -2.14. The van der Waals surface area contributed by atoms with E-state index in [0.717, 1.165) is 5.56 Å². The minimum absolute atomic E-state index is 0.404. The first-order valence-corrected chi connectivity index (χ1v) is 5.49. The van der Waals surface area contributed by atoms with Crippen LogP contribution in [0, 0.1) is 0 Å². The number of benzene rings is 1. The van der Waals surface area contributed by atoms with Crippen molar-refractivity contribution in [1.82, 2.24) is 9.55 Å². The summed E-state index contributed by atoms with van der Waals surface area (Å²) in [6.07, 6.45) is 3.55. The van der Waals surface area contributed by atoms with E-state index in [9.17, 15) is 4.79 Å². The average Bonchev–Trinajstić information content (AvgIpc) is 2.82. The van der Waals surface area contributed by atoms with Crippen LogP contribution in [0.5, 0.6) is 0 Å². The highest BCUT2D eigenvalue weighted by Gasteiger charge is 2.14. The number of hydrogen-bond donors (Lipinski definition) is 0. The number of hydrogen-bond acceptors (Lipinski definition) is 3. The Hall–Kier alpha value is -1.81. The number of carbonyl (C=O) groups excluding carboxylic acids is 1. The van der Waals surface area contributed by atoms with E-state index < -0.39 is 12.2 Å². The number of aromatic nitrogens is 2. The van der Waals surface area contributed by atoms with E-state index in [0.29, 0.717) is 5.02 Å². The molecule has 1 aromatic heterocycles. The molecule has 1 aromatic carbocycles. The number of ether oxygens (including phenoxy) is 1. The van der Waals surface area contributed by atoms with E-state index in [1.807, 2.05) is 18.2 Å². The maximum atomic E-state index is 11.7. The van der Waals surface area contributed by atoms with Crippen LogP contribution in [0.1, 0.15) is 18.6 Å². The Morgan fingerprint density at radius 1 is 1.47 bits per heavy atom. The van der Waals surface area contributed by atoms with E-state index in [1.54, 1.807) is 13.0 Å². The van der Waals surface area contributed by atoms with Crippen molar-refractivity contribution in [3.8, 4) is 0 Å². The summed E-state index contributed by atoms with van der Waals surface area (Å²) in [5, 5.41) is 0.582. The van der Waals surface area contributed by atoms with Crippen LogP contribution in [0.15, 0.2) is 43.0 Å². The predicted molar refractivity (Wildman–Crippen MR) is 64.0 cm³/mol. The summed E-state index contributed by atoms with van der Waals surface area (Å²) >= 11 is 6.02. The molecule has 1 unspecified atom stereocenters. The quantitative estimate of drug-likeness (QED) is 0.822. The van der Waals surface area contributed by atoms with Gasteiger partial charge in [0.25, 0.3) is 0 Å². The fraction of sp³-hybridized carbons (Fsp3) is 0.167. The Morgan fingerprint density at radius 2 is 2.24 bits per heavy atom. The molecule has 0 radical (unpaired) electrons. The molecule has 1 atom stereocenters. The molecular weight excluding hydrogens is 240 g/mol. The largest absolute Gasteiger partial charge is 0.441 e. The van der Waals surface area contributed by atoms with Crippen LogP contribution in [0.25, 0.3) is 0 Å². The monoisotopic (exact) mass is 250 g/mol. The number of imidazole rings is 1. The van der Waals surface area contributed by atoms with E-state index in [1.165, 1.54) is 23.3 Å². The van der Waals surface area contributed by atoms with Gasteiger partial charge in [-0.15, -0.1) is 0 Å². The van der Waals surface area contributed by atoms with Crippen molar-refractivity contribution in [1.29, 1.82) is 0 Å². The van der Waals surface area contributed by atoms with Crippen LogP contribution in [-0.4, -0.2) is 15.6 Å². The third-order valence-corrected chi connectivity index (χ3v) is 2.68. The summed E-state index contributed by atoms with van der Waals surface area (Å²) in [5.74, 6) is 0. The highest BCUT2D eigenvalue weighted by atomic mass is 35.5. The zero-order chi connectivity index (χ0) is 12.3. The van der Waals surface area contributed by atoms with Crippen molar-refractivity contribution < 1.29 is 9.53 Å². The van der Waals surface area contributed by atoms with Gasteiger partial charge in [-0.2, -0.15) is 0 Å². The fourth-order valence-corrected chi connectivity index (χ4v) is 1.74. The predicted octanol–water partition coefficient (Wildman–Crippen LogP) is 3.28. The lowest BCUT2D eigenvalue weighted by molar-refractivity contribution is 0.108. The molecule has 0 aliphatic heterocycles. The zero-order valence-corrected chi connectivity index (χ0v) is 9.96. The van der Waals surface area contributed by atoms with Gasteiger partial charge in [0.15, 0.2) is 0 Å². The standard InChI is InChI=1S/C12H11ClN2O2/c1-9(10-4-2-3-5-11(10)13)17-12(16)15-7-6-14-8-15/h2-9H,1H3. The highest BCUT2D eigenvalue weighted by molar-refractivity contribution is 6.31. The van der Waals surface area contributed by atoms with Crippen LogP contribution in [0.4, 0.5) is 4.79 Å². The van der Waals surface area contributed by atoms with Gasteiger partial charge >= 0.3 is 6.09 Å². The molecule has 0 aliphatic carbocycles. The first-order chi connectivity index (χ1) is 8.18. The van der Waals surface area contributed by atoms with E-state index in [4.69, 9.17) is 16.3 Å².